The van der Waals surface area contributed by atoms with Crippen LogP contribution in [0.4, 0.5) is 5.69 Å². The lowest BCUT2D eigenvalue weighted by atomic mass is 10.2. The van der Waals surface area contributed by atoms with Crippen LogP contribution in [0, 0.1) is 0 Å². The Morgan fingerprint density at radius 3 is 2.70 bits per heavy atom. The van der Waals surface area contributed by atoms with E-state index in [1.54, 1.807) is 31.2 Å². The molecule has 2 aromatic rings. The Morgan fingerprint density at radius 2 is 2.04 bits per heavy atom. The Morgan fingerprint density at radius 1 is 1.30 bits per heavy atom. The Kier molecular flexibility index (Phi) is 4.41. The summed E-state index contributed by atoms with van der Waals surface area (Å²) in [5.41, 5.74) is 0.993. The van der Waals surface area contributed by atoms with Crippen molar-refractivity contribution in [2.45, 2.75) is 31.7 Å². The van der Waals surface area contributed by atoms with Crippen molar-refractivity contribution in [2.24, 2.45) is 0 Å². The molecule has 1 aromatic heterocycles. The average Bonchev–Trinajstić information content (AvgIpc) is 3.34. The minimum absolute atomic E-state index is 0.306. The maximum absolute atomic E-state index is 12.4. The number of anilines is 1. The van der Waals surface area contributed by atoms with Crippen molar-refractivity contribution in [3.8, 4) is 0 Å². The Balaban J connectivity index is 1.82. The molecule has 0 aliphatic heterocycles. The monoisotopic (exact) mass is 351 g/mol. The molecule has 0 saturated heterocycles. The number of hydrogen-bond donors (Lipinski definition) is 1. The molecule has 1 aromatic carbocycles. The summed E-state index contributed by atoms with van der Waals surface area (Å²) in [6.07, 6.45) is 2.15. The third-order valence-corrected chi connectivity index (χ3v) is 4.32. The number of benzene rings is 1. The van der Waals surface area contributed by atoms with Crippen molar-refractivity contribution in [1.29, 1.82) is 0 Å². The first kappa shape index (κ1) is 16.0. The highest BCUT2D eigenvalue weighted by molar-refractivity contribution is 6.36. The van der Waals surface area contributed by atoms with Crippen molar-refractivity contribution in [1.82, 2.24) is 9.78 Å². The van der Waals surface area contributed by atoms with Gasteiger partial charge in [0.1, 0.15) is 6.04 Å². The fraction of sp³-hybridized carbons (Fsp3) is 0.312. The van der Waals surface area contributed by atoms with Gasteiger partial charge in [0.15, 0.2) is 0 Å². The summed E-state index contributed by atoms with van der Waals surface area (Å²) in [7, 11) is 0. The van der Waals surface area contributed by atoms with E-state index in [-0.39, 0.29) is 11.5 Å². The molecule has 1 heterocycles. The third-order valence-electron chi connectivity index (χ3n) is 3.78. The lowest BCUT2D eigenvalue weighted by Crippen LogP contribution is -2.33. The largest absolute Gasteiger partial charge is 0.323 e. The van der Waals surface area contributed by atoms with Gasteiger partial charge in [-0.15, -0.1) is 0 Å². The molecule has 120 valence electrons. The molecular weight excluding hydrogens is 337 g/mol. The maximum Gasteiger partial charge on any atom is 0.267 e. The summed E-state index contributed by atoms with van der Waals surface area (Å²) in [5.74, 6) is 0.0413. The fourth-order valence-electron chi connectivity index (χ4n) is 2.25. The molecule has 5 nitrogen and oxygen atoms in total. The van der Waals surface area contributed by atoms with Gasteiger partial charge in [-0.2, -0.15) is 5.10 Å². The van der Waals surface area contributed by atoms with E-state index in [2.05, 4.69) is 10.4 Å². The lowest BCUT2D eigenvalue weighted by Gasteiger charge is -2.15. The van der Waals surface area contributed by atoms with Gasteiger partial charge in [-0.3, -0.25) is 9.59 Å². The maximum atomic E-state index is 12.4. The van der Waals surface area contributed by atoms with Gasteiger partial charge in [-0.1, -0.05) is 23.2 Å². The number of nitrogens with zero attached hydrogens (tertiary/aromatic N) is 2. The van der Waals surface area contributed by atoms with Crippen LogP contribution < -0.4 is 10.9 Å². The molecule has 1 N–H and O–H groups in total. The van der Waals surface area contributed by atoms with Crippen LogP contribution in [-0.2, 0) is 4.79 Å². The molecule has 0 spiro atoms. The molecular formula is C16H15Cl2N3O2. The highest BCUT2D eigenvalue weighted by Crippen LogP contribution is 2.38. The number of nitrogens with one attached hydrogen (secondary N) is 1. The van der Waals surface area contributed by atoms with Gasteiger partial charge in [-0.05, 0) is 44.0 Å². The molecule has 1 saturated carbocycles. The second-order valence-electron chi connectivity index (χ2n) is 5.60. The average molecular weight is 352 g/mol. The van der Waals surface area contributed by atoms with Crippen LogP contribution >= 0.6 is 23.2 Å². The van der Waals surface area contributed by atoms with E-state index in [1.165, 1.54) is 10.7 Å². The standard InChI is InChI=1S/C16H15Cl2N3O2/c1-9(16(23)19-14-5-4-11(17)8-12(14)18)21-15(22)7-6-13(20-21)10-2-3-10/h4-10H,2-3H2,1H3,(H,19,23). The van der Waals surface area contributed by atoms with E-state index < -0.39 is 6.04 Å². The summed E-state index contributed by atoms with van der Waals surface area (Å²) in [4.78, 5) is 24.4. The normalized spacial score (nSPS) is 15.3. The third kappa shape index (κ3) is 3.57. The van der Waals surface area contributed by atoms with Gasteiger partial charge in [0.05, 0.1) is 16.4 Å². The van der Waals surface area contributed by atoms with Crippen LogP contribution in [0.25, 0.3) is 0 Å². The van der Waals surface area contributed by atoms with Crippen LogP contribution in [-0.4, -0.2) is 15.7 Å². The first-order valence-corrected chi connectivity index (χ1v) is 8.07. The summed E-state index contributed by atoms with van der Waals surface area (Å²) < 4.78 is 1.22. The summed E-state index contributed by atoms with van der Waals surface area (Å²) in [5, 5.41) is 7.84. The Labute approximate surface area is 143 Å². The number of carbonyl (C=O) groups excluding carboxylic acids is 1. The zero-order valence-corrected chi connectivity index (χ0v) is 13.9. The number of rotatable bonds is 4. The molecule has 0 radical (unpaired) electrons. The molecule has 7 heteroatoms. The first-order valence-electron chi connectivity index (χ1n) is 7.31. The molecule has 3 rings (SSSR count). The summed E-state index contributed by atoms with van der Waals surface area (Å²) in [6, 6.07) is 7.24. The predicted octanol–water partition coefficient (Wildman–Crippen LogP) is 3.63. The molecule has 23 heavy (non-hydrogen) atoms. The van der Waals surface area contributed by atoms with E-state index in [9.17, 15) is 9.59 Å². The van der Waals surface area contributed by atoms with Crippen LogP contribution in [0.1, 0.15) is 37.4 Å². The minimum Gasteiger partial charge on any atom is -0.323 e. The van der Waals surface area contributed by atoms with Crippen molar-refractivity contribution in [2.75, 3.05) is 5.32 Å². The van der Waals surface area contributed by atoms with E-state index >= 15 is 0 Å². The van der Waals surface area contributed by atoms with E-state index in [1.807, 2.05) is 0 Å². The summed E-state index contributed by atoms with van der Waals surface area (Å²) in [6.45, 7) is 1.63. The molecule has 1 amide bonds. The van der Waals surface area contributed by atoms with E-state index in [0.717, 1.165) is 18.5 Å². The minimum atomic E-state index is -0.743. The number of carbonyl (C=O) groups is 1. The smallest absolute Gasteiger partial charge is 0.267 e. The summed E-state index contributed by atoms with van der Waals surface area (Å²) >= 11 is 11.9. The van der Waals surface area contributed by atoms with Crippen molar-refractivity contribution >= 4 is 34.8 Å². The number of amides is 1. The fourth-order valence-corrected chi connectivity index (χ4v) is 2.71. The van der Waals surface area contributed by atoms with E-state index in [0.29, 0.717) is 21.7 Å². The second kappa shape index (κ2) is 6.34. The van der Waals surface area contributed by atoms with Crippen LogP contribution in [0.3, 0.4) is 0 Å². The second-order valence-corrected chi connectivity index (χ2v) is 6.45. The number of aromatic nitrogens is 2. The van der Waals surface area contributed by atoms with Gasteiger partial charge in [0, 0.05) is 17.0 Å². The zero-order chi connectivity index (χ0) is 16.6. The van der Waals surface area contributed by atoms with Gasteiger partial charge in [0.2, 0.25) is 5.91 Å². The number of halogens is 2. The molecule has 0 bridgehead atoms. The van der Waals surface area contributed by atoms with Crippen LogP contribution in [0.15, 0.2) is 35.1 Å². The number of hydrogen-bond acceptors (Lipinski definition) is 3. The SMILES string of the molecule is CC(C(=O)Nc1ccc(Cl)cc1Cl)n1nc(C2CC2)ccc1=O. The van der Waals surface area contributed by atoms with Crippen molar-refractivity contribution in [3.05, 3.63) is 56.4 Å². The molecule has 1 aliphatic rings. The predicted molar refractivity (Wildman–Crippen MR) is 90.3 cm³/mol. The topological polar surface area (TPSA) is 64.0 Å². The van der Waals surface area contributed by atoms with Gasteiger partial charge >= 0.3 is 0 Å². The van der Waals surface area contributed by atoms with Crippen LogP contribution in [0.2, 0.25) is 10.0 Å². The van der Waals surface area contributed by atoms with E-state index in [4.69, 9.17) is 23.2 Å². The van der Waals surface area contributed by atoms with Crippen molar-refractivity contribution < 1.29 is 4.79 Å². The molecule has 1 unspecified atom stereocenters. The molecule has 1 aliphatic carbocycles. The molecule has 1 atom stereocenters. The highest BCUT2D eigenvalue weighted by Gasteiger charge is 2.27. The van der Waals surface area contributed by atoms with Gasteiger partial charge < -0.3 is 5.32 Å². The Bertz CT molecular complexity index is 815. The van der Waals surface area contributed by atoms with Gasteiger partial charge in [0.25, 0.3) is 5.56 Å². The molecule has 1 fully saturated rings. The first-order chi connectivity index (χ1) is 11.0. The van der Waals surface area contributed by atoms with Gasteiger partial charge in [-0.25, -0.2) is 4.68 Å². The Hall–Kier alpha value is -1.85. The lowest BCUT2D eigenvalue weighted by molar-refractivity contribution is -0.119. The quantitative estimate of drug-likeness (QED) is 0.914. The highest BCUT2D eigenvalue weighted by atomic mass is 35.5. The van der Waals surface area contributed by atoms with Crippen LogP contribution in [0.5, 0.6) is 0 Å². The zero-order valence-electron chi connectivity index (χ0n) is 12.4. The van der Waals surface area contributed by atoms with Crippen molar-refractivity contribution in [3.63, 3.8) is 0 Å².